The first-order valence-electron chi connectivity index (χ1n) is 8.39. The molecule has 130 valence electrons. The molecule has 24 heavy (non-hydrogen) atoms. The van der Waals surface area contributed by atoms with E-state index in [4.69, 9.17) is 11.6 Å². The Labute approximate surface area is 147 Å². The van der Waals surface area contributed by atoms with Gasteiger partial charge in [-0.1, -0.05) is 17.7 Å². The third kappa shape index (κ3) is 4.39. The van der Waals surface area contributed by atoms with Crippen LogP contribution in [0.5, 0.6) is 0 Å². The normalized spacial score (nSPS) is 19.7. The molecule has 0 bridgehead atoms. The lowest BCUT2D eigenvalue weighted by Crippen LogP contribution is -2.55. The van der Waals surface area contributed by atoms with E-state index in [1.165, 1.54) is 0 Å². The fourth-order valence-corrected chi connectivity index (χ4v) is 3.06. The fraction of sp³-hybridized carbons (Fsp3) is 0.529. The van der Waals surface area contributed by atoms with Crippen LogP contribution in [0.15, 0.2) is 24.3 Å². The van der Waals surface area contributed by atoms with Gasteiger partial charge in [-0.15, -0.1) is 0 Å². The van der Waals surface area contributed by atoms with Crippen molar-refractivity contribution in [2.24, 2.45) is 0 Å². The average molecular weight is 351 g/mol. The van der Waals surface area contributed by atoms with Crippen LogP contribution in [0.1, 0.15) is 19.8 Å². The Morgan fingerprint density at radius 3 is 2.54 bits per heavy atom. The van der Waals surface area contributed by atoms with Crippen LogP contribution >= 0.6 is 11.6 Å². The van der Waals surface area contributed by atoms with Crippen molar-refractivity contribution in [1.29, 1.82) is 0 Å². The highest BCUT2D eigenvalue weighted by molar-refractivity contribution is 6.30. The van der Waals surface area contributed by atoms with Gasteiger partial charge in [0.2, 0.25) is 5.91 Å². The van der Waals surface area contributed by atoms with Crippen molar-refractivity contribution in [2.75, 3.05) is 31.1 Å². The van der Waals surface area contributed by atoms with Crippen molar-refractivity contribution in [3.8, 4) is 0 Å². The molecule has 3 rings (SSSR count). The van der Waals surface area contributed by atoms with Gasteiger partial charge < -0.3 is 10.2 Å². The number of halogens is 1. The van der Waals surface area contributed by atoms with E-state index in [1.807, 2.05) is 31.2 Å². The summed E-state index contributed by atoms with van der Waals surface area (Å²) < 4.78 is 0. The Bertz CT molecular complexity index is 612. The zero-order chi connectivity index (χ0) is 17.1. The summed E-state index contributed by atoms with van der Waals surface area (Å²) in [5, 5.41) is 5.93. The quantitative estimate of drug-likeness (QED) is 0.869. The van der Waals surface area contributed by atoms with E-state index in [9.17, 15) is 9.59 Å². The van der Waals surface area contributed by atoms with Gasteiger partial charge in [0.15, 0.2) is 0 Å². The van der Waals surface area contributed by atoms with Gasteiger partial charge in [0, 0.05) is 42.9 Å². The maximum Gasteiger partial charge on any atom is 0.321 e. The Kier molecular flexibility index (Phi) is 5.26. The first-order valence-corrected chi connectivity index (χ1v) is 8.76. The average Bonchev–Trinajstić information content (AvgIpc) is 3.38. The molecule has 0 unspecified atom stereocenters. The first-order chi connectivity index (χ1) is 11.5. The predicted molar refractivity (Wildman–Crippen MR) is 94.4 cm³/mol. The minimum Gasteiger partial charge on any atom is -0.369 e. The second-order valence-corrected chi connectivity index (χ2v) is 6.85. The number of anilines is 1. The molecule has 1 aliphatic heterocycles. The van der Waals surface area contributed by atoms with Gasteiger partial charge >= 0.3 is 6.03 Å². The van der Waals surface area contributed by atoms with Crippen LogP contribution in [-0.4, -0.2) is 55.1 Å². The van der Waals surface area contributed by atoms with Gasteiger partial charge in [-0.05, 0) is 38.0 Å². The summed E-state index contributed by atoms with van der Waals surface area (Å²) in [5.41, 5.74) is 1.10. The summed E-state index contributed by atoms with van der Waals surface area (Å²) in [6.07, 6.45) is 2.01. The Balaban J connectivity index is 1.48. The topological polar surface area (TPSA) is 64.7 Å². The van der Waals surface area contributed by atoms with E-state index in [2.05, 4.69) is 20.4 Å². The minimum atomic E-state index is -0.382. The van der Waals surface area contributed by atoms with E-state index < -0.39 is 0 Å². The molecule has 1 aliphatic carbocycles. The molecule has 1 saturated heterocycles. The largest absolute Gasteiger partial charge is 0.369 e. The molecule has 2 fully saturated rings. The number of nitrogens with zero attached hydrogens (tertiary/aromatic N) is 2. The summed E-state index contributed by atoms with van der Waals surface area (Å²) in [6, 6.07) is 7.34. The third-order valence-corrected chi connectivity index (χ3v) is 4.80. The molecule has 3 amide bonds. The van der Waals surface area contributed by atoms with Gasteiger partial charge in [0.05, 0.1) is 6.04 Å². The number of hydrogen-bond acceptors (Lipinski definition) is 4. The van der Waals surface area contributed by atoms with Gasteiger partial charge in [-0.2, -0.15) is 0 Å². The highest BCUT2D eigenvalue weighted by Crippen LogP contribution is 2.21. The monoisotopic (exact) mass is 350 g/mol. The third-order valence-electron chi connectivity index (χ3n) is 4.56. The molecule has 1 heterocycles. The van der Waals surface area contributed by atoms with Crippen molar-refractivity contribution in [2.45, 2.75) is 31.8 Å². The zero-order valence-electron chi connectivity index (χ0n) is 13.8. The van der Waals surface area contributed by atoms with Crippen molar-refractivity contribution in [3.05, 3.63) is 29.3 Å². The molecule has 2 aliphatic rings. The summed E-state index contributed by atoms with van der Waals surface area (Å²) >= 11 is 6.05. The smallest absolute Gasteiger partial charge is 0.321 e. The molecule has 1 saturated carbocycles. The number of nitrogens with one attached hydrogen (secondary N) is 2. The lowest BCUT2D eigenvalue weighted by atomic mass is 10.2. The second kappa shape index (κ2) is 7.40. The Morgan fingerprint density at radius 1 is 1.21 bits per heavy atom. The maximum absolute atomic E-state index is 12.2. The molecule has 6 nitrogen and oxygen atoms in total. The van der Waals surface area contributed by atoms with Crippen LogP contribution in [-0.2, 0) is 4.79 Å². The number of piperazine rings is 1. The number of amides is 3. The molecule has 2 N–H and O–H groups in total. The van der Waals surface area contributed by atoms with Gasteiger partial charge in [0.25, 0.3) is 0 Å². The van der Waals surface area contributed by atoms with E-state index in [0.717, 1.165) is 49.7 Å². The van der Waals surface area contributed by atoms with Crippen LogP contribution in [0.2, 0.25) is 5.02 Å². The number of carbonyl (C=O) groups is 2. The van der Waals surface area contributed by atoms with E-state index >= 15 is 0 Å². The fourth-order valence-electron chi connectivity index (χ4n) is 2.87. The SMILES string of the molecule is C[C@H](C(=O)NC(=O)NC1CC1)N1CCN(c2cccc(Cl)c2)CC1. The number of rotatable bonds is 4. The van der Waals surface area contributed by atoms with Crippen molar-refractivity contribution in [1.82, 2.24) is 15.5 Å². The maximum atomic E-state index is 12.2. The second-order valence-electron chi connectivity index (χ2n) is 6.42. The van der Waals surface area contributed by atoms with Gasteiger partial charge in [-0.25, -0.2) is 4.79 Å². The number of urea groups is 1. The van der Waals surface area contributed by atoms with Crippen molar-refractivity contribution >= 4 is 29.2 Å². The summed E-state index contributed by atoms with van der Waals surface area (Å²) in [5.74, 6) is -0.246. The number of carbonyl (C=O) groups excluding carboxylic acids is 2. The molecule has 7 heteroatoms. The van der Waals surface area contributed by atoms with Crippen molar-refractivity contribution in [3.63, 3.8) is 0 Å². The molecule has 1 atom stereocenters. The molecular weight excluding hydrogens is 328 g/mol. The summed E-state index contributed by atoms with van der Waals surface area (Å²) in [4.78, 5) is 28.2. The number of benzene rings is 1. The van der Waals surface area contributed by atoms with Crippen LogP contribution in [0.25, 0.3) is 0 Å². The first kappa shape index (κ1) is 17.0. The Morgan fingerprint density at radius 2 is 1.92 bits per heavy atom. The van der Waals surface area contributed by atoms with Gasteiger partial charge in [0.1, 0.15) is 0 Å². The minimum absolute atomic E-state index is 0.245. The molecule has 0 radical (unpaired) electrons. The molecule has 0 spiro atoms. The lowest BCUT2D eigenvalue weighted by molar-refractivity contribution is -0.124. The van der Waals surface area contributed by atoms with Crippen LogP contribution in [0, 0.1) is 0 Å². The molecule has 1 aromatic carbocycles. The standard InChI is InChI=1S/C17H23ClN4O2/c1-12(16(23)20-17(24)19-14-5-6-14)21-7-9-22(10-8-21)15-4-2-3-13(18)11-15/h2-4,11-12,14H,5-10H2,1H3,(H2,19,20,23,24)/t12-/m1/s1. The lowest BCUT2D eigenvalue weighted by Gasteiger charge is -2.38. The highest BCUT2D eigenvalue weighted by Gasteiger charge is 2.28. The van der Waals surface area contributed by atoms with Gasteiger partial charge in [-0.3, -0.25) is 15.0 Å². The van der Waals surface area contributed by atoms with Crippen molar-refractivity contribution < 1.29 is 9.59 Å². The van der Waals surface area contributed by atoms with E-state index in [1.54, 1.807) is 0 Å². The van der Waals surface area contributed by atoms with Crippen LogP contribution < -0.4 is 15.5 Å². The number of imide groups is 1. The van der Waals surface area contributed by atoms with E-state index in [0.29, 0.717) is 0 Å². The molecule has 1 aromatic rings. The number of hydrogen-bond donors (Lipinski definition) is 2. The predicted octanol–water partition coefficient (Wildman–Crippen LogP) is 1.84. The summed E-state index contributed by atoms with van der Waals surface area (Å²) in [6.45, 7) is 5.03. The van der Waals surface area contributed by atoms with E-state index in [-0.39, 0.29) is 24.0 Å². The summed E-state index contributed by atoms with van der Waals surface area (Å²) in [7, 11) is 0. The molecule has 0 aromatic heterocycles. The van der Waals surface area contributed by atoms with Crippen LogP contribution in [0.4, 0.5) is 10.5 Å². The zero-order valence-corrected chi connectivity index (χ0v) is 14.6. The van der Waals surface area contributed by atoms with Crippen LogP contribution in [0.3, 0.4) is 0 Å². The molecular formula is C17H23ClN4O2. The highest BCUT2D eigenvalue weighted by atomic mass is 35.5. The Hall–Kier alpha value is -1.79.